The first kappa shape index (κ1) is 36.4. The van der Waals surface area contributed by atoms with Gasteiger partial charge in [-0.3, -0.25) is 3.87 Å². The highest BCUT2D eigenvalue weighted by molar-refractivity contribution is 7.88. The summed E-state index contributed by atoms with van der Waals surface area (Å²) in [5.41, 5.74) is 0.452. The molecule has 2 aromatic carbocycles. The van der Waals surface area contributed by atoms with Crippen molar-refractivity contribution in [2.75, 3.05) is 9.13 Å². The Labute approximate surface area is 266 Å². The van der Waals surface area contributed by atoms with Crippen LogP contribution in [0.1, 0.15) is 108 Å². The van der Waals surface area contributed by atoms with Gasteiger partial charge in [-0.1, -0.05) is 111 Å². The van der Waals surface area contributed by atoms with Crippen molar-refractivity contribution in [2.45, 2.75) is 123 Å². The minimum atomic E-state index is -5.96. The largest absolute Gasteiger partial charge is 0.522 e. The van der Waals surface area contributed by atoms with Crippen molar-refractivity contribution in [3.63, 3.8) is 0 Å². The molecular formula is C33H50F3N2O3SSi2. The Balaban J connectivity index is 2.58. The molecule has 1 heterocycles. The standard InChI is InChI=1S/C33H50F3N2O3SSi2/c1-21(2)27-15-13-16-28(22(3)4)31(27)37-25(9)19-26(20-44(10,11)12)38(43(37)41-42(39,40)33(34,35)36)32-29(23(5)6)17-14-18-30(32)24(7)8/h13-19,21-24,26H,20H2,1-12H3. The van der Waals surface area contributed by atoms with Gasteiger partial charge in [0.2, 0.25) is 0 Å². The highest BCUT2D eigenvalue weighted by Crippen LogP contribution is 2.46. The molecule has 1 atom stereocenters. The van der Waals surface area contributed by atoms with E-state index < -0.39 is 33.1 Å². The second kappa shape index (κ2) is 13.3. The van der Waals surface area contributed by atoms with Gasteiger partial charge in [-0.25, -0.2) is 0 Å². The van der Waals surface area contributed by atoms with Crippen LogP contribution in [0.15, 0.2) is 48.2 Å². The SMILES string of the molecule is CC1=CC(C[Si](C)(C)C)N(c2c(C(C)C)cccc2C(C)C)[Si](OS(=O)(=O)C(F)(F)F)N1c1c(C(C)C)cccc1C(C)C. The molecule has 1 unspecified atom stereocenters. The van der Waals surface area contributed by atoms with Crippen LogP contribution in [0.4, 0.5) is 24.5 Å². The molecule has 0 amide bonds. The molecule has 2 aromatic rings. The van der Waals surface area contributed by atoms with Crippen molar-refractivity contribution in [3.8, 4) is 0 Å². The van der Waals surface area contributed by atoms with Crippen LogP contribution in [-0.2, 0) is 14.0 Å². The van der Waals surface area contributed by atoms with Crippen molar-refractivity contribution in [2.24, 2.45) is 0 Å². The fourth-order valence-electron chi connectivity index (χ4n) is 5.92. The topological polar surface area (TPSA) is 49.9 Å². The number of hydrogen-bond donors (Lipinski definition) is 0. The van der Waals surface area contributed by atoms with Crippen LogP contribution in [0.25, 0.3) is 0 Å². The number of halogens is 3. The van der Waals surface area contributed by atoms with Crippen LogP contribution in [-0.4, -0.2) is 37.4 Å². The number of anilines is 2. The van der Waals surface area contributed by atoms with E-state index in [1.165, 1.54) is 0 Å². The fraction of sp³-hybridized carbons (Fsp3) is 0.576. The van der Waals surface area contributed by atoms with E-state index in [1.54, 1.807) is 4.57 Å². The molecule has 1 aliphatic rings. The maximum atomic E-state index is 14.2. The molecule has 0 aromatic heterocycles. The van der Waals surface area contributed by atoms with E-state index in [4.69, 9.17) is 3.87 Å². The molecule has 0 saturated carbocycles. The van der Waals surface area contributed by atoms with Crippen LogP contribution in [0.5, 0.6) is 0 Å². The zero-order valence-corrected chi connectivity index (χ0v) is 31.1. The lowest BCUT2D eigenvalue weighted by atomic mass is 9.92. The van der Waals surface area contributed by atoms with Gasteiger partial charge < -0.3 is 9.13 Å². The minimum absolute atomic E-state index is 0.0290. The second-order valence-electron chi connectivity index (χ2n) is 14.3. The maximum Gasteiger partial charge on any atom is 0.522 e. The predicted molar refractivity (Wildman–Crippen MR) is 182 cm³/mol. The van der Waals surface area contributed by atoms with Gasteiger partial charge in [0, 0.05) is 31.2 Å². The van der Waals surface area contributed by atoms with Gasteiger partial charge in [-0.2, -0.15) is 21.6 Å². The summed E-state index contributed by atoms with van der Waals surface area (Å²) < 4.78 is 78.1. The van der Waals surface area contributed by atoms with Crippen molar-refractivity contribution in [1.29, 1.82) is 0 Å². The van der Waals surface area contributed by atoms with Crippen LogP contribution >= 0.6 is 0 Å². The highest BCUT2D eigenvalue weighted by Gasteiger charge is 2.55. The molecule has 0 spiro atoms. The summed E-state index contributed by atoms with van der Waals surface area (Å²) in [6, 6.07) is 12.3. The molecule has 0 fully saturated rings. The Bertz CT molecular complexity index is 1410. The first-order chi connectivity index (χ1) is 20.1. The lowest BCUT2D eigenvalue weighted by molar-refractivity contribution is -0.0502. The number of alkyl halides is 3. The number of benzene rings is 2. The Morgan fingerprint density at radius 2 is 1.18 bits per heavy atom. The normalized spacial score (nSPS) is 17.4. The molecule has 0 N–H and O–H groups in total. The monoisotopic (exact) mass is 667 g/mol. The number of allylic oxidation sites excluding steroid dienone is 1. The molecule has 245 valence electrons. The molecule has 5 nitrogen and oxygen atoms in total. The quantitative estimate of drug-likeness (QED) is 0.187. The summed E-state index contributed by atoms with van der Waals surface area (Å²) in [5, 5.41) is 0. The number of rotatable bonds is 10. The third-order valence-corrected chi connectivity index (χ3v) is 13.6. The smallest absolute Gasteiger partial charge is 0.350 e. The molecule has 3 rings (SSSR count). The van der Waals surface area contributed by atoms with E-state index in [-0.39, 0.29) is 29.7 Å². The summed E-state index contributed by atoms with van der Waals surface area (Å²) in [6.07, 6.45) is 2.12. The summed E-state index contributed by atoms with van der Waals surface area (Å²) in [6.45, 7) is 25.0. The Morgan fingerprint density at radius 1 is 0.795 bits per heavy atom. The average molecular weight is 668 g/mol. The molecule has 1 aliphatic heterocycles. The summed E-state index contributed by atoms with van der Waals surface area (Å²) in [4.78, 5) is 0. The molecule has 1 radical (unpaired) electrons. The third kappa shape index (κ3) is 7.65. The Morgan fingerprint density at radius 3 is 1.52 bits per heavy atom. The summed E-state index contributed by atoms with van der Waals surface area (Å²) in [7, 11) is -10.9. The zero-order valence-electron chi connectivity index (χ0n) is 28.3. The molecule has 0 bridgehead atoms. The lowest BCUT2D eigenvalue weighted by Gasteiger charge is -2.49. The van der Waals surface area contributed by atoms with E-state index in [0.29, 0.717) is 11.7 Å². The molecule has 0 aliphatic carbocycles. The van der Waals surface area contributed by atoms with Crippen molar-refractivity contribution >= 4 is 38.9 Å². The minimum Gasteiger partial charge on any atom is -0.350 e. The Kier molecular flexibility index (Phi) is 11.0. The molecule has 0 saturated heterocycles. The van der Waals surface area contributed by atoms with Gasteiger partial charge in [0.05, 0.1) is 0 Å². The van der Waals surface area contributed by atoms with Gasteiger partial charge >= 0.3 is 25.0 Å². The van der Waals surface area contributed by atoms with Crippen molar-refractivity contribution in [3.05, 3.63) is 70.4 Å². The number of hydrogen-bond acceptors (Lipinski definition) is 5. The van der Waals surface area contributed by atoms with E-state index >= 15 is 0 Å². The van der Waals surface area contributed by atoms with E-state index in [1.807, 2.05) is 75.6 Å². The van der Waals surface area contributed by atoms with E-state index in [2.05, 4.69) is 53.4 Å². The summed E-state index contributed by atoms with van der Waals surface area (Å²) in [5.74, 6) is 0.129. The number of nitrogens with zero attached hydrogens (tertiary/aromatic N) is 2. The van der Waals surface area contributed by atoms with Gasteiger partial charge in [-0.05, 0) is 65.0 Å². The maximum absolute atomic E-state index is 14.2. The van der Waals surface area contributed by atoms with Crippen molar-refractivity contribution < 1.29 is 25.5 Å². The van der Waals surface area contributed by atoms with Crippen molar-refractivity contribution in [1.82, 2.24) is 0 Å². The molecular weight excluding hydrogens is 618 g/mol. The highest BCUT2D eigenvalue weighted by atomic mass is 32.2. The van der Waals surface area contributed by atoms with Crippen LogP contribution in [0, 0.1) is 0 Å². The van der Waals surface area contributed by atoms with Gasteiger partial charge in [-0.15, -0.1) is 0 Å². The van der Waals surface area contributed by atoms with Gasteiger partial charge in [0.1, 0.15) is 0 Å². The fourth-order valence-corrected chi connectivity index (χ4v) is 11.4. The van der Waals surface area contributed by atoms with E-state index in [0.717, 1.165) is 33.6 Å². The molecule has 44 heavy (non-hydrogen) atoms. The average Bonchev–Trinajstić information content (AvgIpc) is 2.86. The third-order valence-electron chi connectivity index (χ3n) is 7.95. The van der Waals surface area contributed by atoms with Gasteiger partial charge in [0.15, 0.2) is 0 Å². The van der Waals surface area contributed by atoms with Crippen LogP contribution in [0.3, 0.4) is 0 Å². The predicted octanol–water partition coefficient (Wildman–Crippen LogP) is 9.97. The van der Waals surface area contributed by atoms with Gasteiger partial charge in [0.25, 0.3) is 0 Å². The lowest BCUT2D eigenvalue weighted by Crippen LogP contribution is -2.64. The van der Waals surface area contributed by atoms with E-state index in [9.17, 15) is 21.6 Å². The van der Waals surface area contributed by atoms with Crippen LogP contribution < -0.4 is 9.13 Å². The second-order valence-corrected chi connectivity index (χ2v) is 23.4. The zero-order chi connectivity index (χ0) is 33.5. The molecule has 11 heteroatoms. The first-order valence-electron chi connectivity index (χ1n) is 15.5. The summed E-state index contributed by atoms with van der Waals surface area (Å²) >= 11 is 0. The van der Waals surface area contributed by atoms with Crippen LogP contribution in [0.2, 0.25) is 25.7 Å². The Hall–Kier alpha value is -2.09. The first-order valence-corrected chi connectivity index (χ1v) is 21.9. The number of para-hydroxylation sites is 2.